The average Bonchev–Trinajstić information content (AvgIpc) is 2.47. The fraction of sp³-hybridized carbons (Fsp3) is 0.562. The minimum atomic E-state index is -0.423. The second kappa shape index (κ2) is 6.80. The van der Waals surface area contributed by atoms with Gasteiger partial charge in [0.2, 0.25) is 5.91 Å². The number of carbonyl (C=O) groups excluding carboxylic acids is 1. The van der Waals surface area contributed by atoms with E-state index in [1.165, 1.54) is 12.8 Å². The van der Waals surface area contributed by atoms with Gasteiger partial charge in [0.15, 0.2) is 0 Å². The Labute approximate surface area is 126 Å². The Morgan fingerprint density at radius 2 is 2.10 bits per heavy atom. The Kier molecular flexibility index (Phi) is 5.07. The van der Waals surface area contributed by atoms with Gasteiger partial charge < -0.3 is 20.7 Å². The zero-order valence-electron chi connectivity index (χ0n) is 13.1. The maximum absolute atomic E-state index is 11.3. The number of anilines is 1. The summed E-state index contributed by atoms with van der Waals surface area (Å²) in [6, 6.07) is 5.57. The van der Waals surface area contributed by atoms with Crippen LogP contribution in [0.25, 0.3) is 0 Å². The lowest BCUT2D eigenvalue weighted by molar-refractivity contribution is 0.100. The van der Waals surface area contributed by atoms with Crippen molar-refractivity contribution in [2.75, 3.05) is 32.6 Å². The van der Waals surface area contributed by atoms with Crippen molar-refractivity contribution in [3.63, 3.8) is 0 Å². The molecule has 5 heteroatoms. The minimum absolute atomic E-state index is 0.329. The number of nitrogens with zero attached hydrogens (tertiary/aromatic N) is 1. The number of rotatable bonds is 5. The van der Waals surface area contributed by atoms with Crippen LogP contribution >= 0.6 is 0 Å². The van der Waals surface area contributed by atoms with Gasteiger partial charge in [-0.1, -0.05) is 0 Å². The van der Waals surface area contributed by atoms with Crippen molar-refractivity contribution in [1.82, 2.24) is 4.90 Å². The van der Waals surface area contributed by atoms with Gasteiger partial charge in [0.1, 0.15) is 5.75 Å². The van der Waals surface area contributed by atoms with Crippen LogP contribution in [0.4, 0.5) is 5.69 Å². The maximum Gasteiger partial charge on any atom is 0.248 e. The molecule has 1 atom stereocenters. The smallest absolute Gasteiger partial charge is 0.248 e. The summed E-state index contributed by atoms with van der Waals surface area (Å²) in [5.41, 5.74) is 6.68. The number of primary amides is 1. The molecule has 1 aromatic rings. The Balaban J connectivity index is 2.10. The summed E-state index contributed by atoms with van der Waals surface area (Å²) in [5.74, 6) is 0.940. The van der Waals surface area contributed by atoms with Gasteiger partial charge in [-0.15, -0.1) is 0 Å². The molecule has 0 aliphatic carbocycles. The van der Waals surface area contributed by atoms with Crippen LogP contribution in [0.3, 0.4) is 0 Å². The third-order valence-corrected chi connectivity index (χ3v) is 4.34. The van der Waals surface area contributed by atoms with Gasteiger partial charge >= 0.3 is 0 Å². The first-order valence-corrected chi connectivity index (χ1v) is 7.44. The van der Waals surface area contributed by atoms with Gasteiger partial charge in [0.05, 0.1) is 12.8 Å². The van der Waals surface area contributed by atoms with Crippen LogP contribution in [0.15, 0.2) is 18.2 Å². The number of nitrogens with one attached hydrogen (secondary N) is 1. The third kappa shape index (κ3) is 3.88. The van der Waals surface area contributed by atoms with Crippen molar-refractivity contribution in [2.45, 2.75) is 25.8 Å². The number of hydrogen-bond acceptors (Lipinski definition) is 4. The SMILES string of the molecule is COc1ccc(C(N)=O)cc1NC(C)C1CCN(C)CC1. The highest BCUT2D eigenvalue weighted by atomic mass is 16.5. The first-order valence-electron chi connectivity index (χ1n) is 7.44. The first kappa shape index (κ1) is 15.6. The van der Waals surface area contributed by atoms with Crippen LogP contribution in [0, 0.1) is 5.92 Å². The second-order valence-corrected chi connectivity index (χ2v) is 5.85. The monoisotopic (exact) mass is 291 g/mol. The van der Waals surface area contributed by atoms with E-state index in [2.05, 4.69) is 24.2 Å². The first-order chi connectivity index (χ1) is 10.0. The molecule has 1 aliphatic heterocycles. The highest BCUT2D eigenvalue weighted by Crippen LogP contribution is 2.29. The molecule has 116 valence electrons. The predicted octanol–water partition coefficient (Wildman–Crippen LogP) is 1.94. The lowest BCUT2D eigenvalue weighted by Crippen LogP contribution is -2.37. The number of amides is 1. The zero-order valence-corrected chi connectivity index (χ0v) is 13.1. The van der Waals surface area contributed by atoms with Crippen molar-refractivity contribution in [3.05, 3.63) is 23.8 Å². The van der Waals surface area contributed by atoms with Crippen LogP contribution in [-0.4, -0.2) is 44.1 Å². The predicted molar refractivity (Wildman–Crippen MR) is 84.8 cm³/mol. The van der Waals surface area contributed by atoms with Crippen LogP contribution in [0.5, 0.6) is 5.75 Å². The van der Waals surface area contributed by atoms with Crippen LogP contribution < -0.4 is 15.8 Å². The lowest BCUT2D eigenvalue weighted by Gasteiger charge is -2.33. The zero-order chi connectivity index (χ0) is 15.4. The molecular formula is C16H25N3O2. The summed E-state index contributed by atoms with van der Waals surface area (Å²) in [5, 5.41) is 3.49. The van der Waals surface area contributed by atoms with E-state index in [1.54, 1.807) is 25.3 Å². The Morgan fingerprint density at radius 1 is 1.43 bits per heavy atom. The third-order valence-electron chi connectivity index (χ3n) is 4.34. The number of likely N-dealkylation sites (tertiary alicyclic amines) is 1. The molecule has 0 saturated carbocycles. The molecular weight excluding hydrogens is 266 g/mol. The summed E-state index contributed by atoms with van der Waals surface area (Å²) in [6.45, 7) is 4.46. The molecule has 1 amide bonds. The fourth-order valence-corrected chi connectivity index (χ4v) is 2.87. The molecule has 3 N–H and O–H groups in total. The van der Waals surface area contributed by atoms with Gasteiger partial charge in [-0.05, 0) is 64.0 Å². The van der Waals surface area contributed by atoms with Crippen molar-refractivity contribution in [2.24, 2.45) is 11.7 Å². The number of ether oxygens (including phenoxy) is 1. The molecule has 0 radical (unpaired) electrons. The number of piperidine rings is 1. The van der Waals surface area contributed by atoms with E-state index in [1.807, 2.05) is 0 Å². The molecule has 21 heavy (non-hydrogen) atoms. The van der Waals surface area contributed by atoms with E-state index in [-0.39, 0.29) is 0 Å². The summed E-state index contributed by atoms with van der Waals surface area (Å²) < 4.78 is 5.36. The second-order valence-electron chi connectivity index (χ2n) is 5.85. The summed E-state index contributed by atoms with van der Waals surface area (Å²) in [4.78, 5) is 13.7. The van der Waals surface area contributed by atoms with E-state index < -0.39 is 5.91 Å². The van der Waals surface area contributed by atoms with Crippen LogP contribution in [0.2, 0.25) is 0 Å². The molecule has 1 unspecified atom stereocenters. The molecule has 1 heterocycles. The number of benzene rings is 1. The molecule has 0 spiro atoms. The Morgan fingerprint density at radius 3 is 2.67 bits per heavy atom. The van der Waals surface area contributed by atoms with Gasteiger partial charge in [0, 0.05) is 11.6 Å². The molecule has 0 bridgehead atoms. The van der Waals surface area contributed by atoms with E-state index in [4.69, 9.17) is 10.5 Å². The van der Waals surface area contributed by atoms with Gasteiger partial charge in [-0.3, -0.25) is 4.79 Å². The van der Waals surface area contributed by atoms with Crippen molar-refractivity contribution in [3.8, 4) is 5.75 Å². The average molecular weight is 291 g/mol. The minimum Gasteiger partial charge on any atom is -0.495 e. The van der Waals surface area contributed by atoms with E-state index in [0.717, 1.165) is 24.5 Å². The standard InChI is InChI=1S/C16H25N3O2/c1-11(12-6-8-19(2)9-7-12)18-14-10-13(16(17)20)4-5-15(14)21-3/h4-5,10-12,18H,6-9H2,1-3H3,(H2,17,20). The summed E-state index contributed by atoms with van der Waals surface area (Å²) in [7, 11) is 3.79. The molecule has 2 rings (SSSR count). The number of nitrogens with two attached hydrogens (primary N) is 1. The quantitative estimate of drug-likeness (QED) is 0.870. The van der Waals surface area contributed by atoms with E-state index in [0.29, 0.717) is 17.5 Å². The van der Waals surface area contributed by atoms with Gasteiger partial charge in [0.25, 0.3) is 0 Å². The van der Waals surface area contributed by atoms with Crippen LogP contribution in [0.1, 0.15) is 30.1 Å². The molecule has 1 aromatic carbocycles. The molecule has 1 aliphatic rings. The van der Waals surface area contributed by atoms with Crippen LogP contribution in [-0.2, 0) is 0 Å². The topological polar surface area (TPSA) is 67.6 Å². The maximum atomic E-state index is 11.3. The highest BCUT2D eigenvalue weighted by molar-refractivity contribution is 5.94. The largest absolute Gasteiger partial charge is 0.495 e. The number of carbonyl (C=O) groups is 1. The van der Waals surface area contributed by atoms with Crippen molar-refractivity contribution >= 4 is 11.6 Å². The molecule has 1 saturated heterocycles. The lowest BCUT2D eigenvalue weighted by atomic mass is 9.90. The van der Waals surface area contributed by atoms with E-state index >= 15 is 0 Å². The number of methoxy groups -OCH3 is 1. The fourth-order valence-electron chi connectivity index (χ4n) is 2.87. The Hall–Kier alpha value is -1.75. The van der Waals surface area contributed by atoms with Gasteiger partial charge in [-0.2, -0.15) is 0 Å². The number of hydrogen-bond donors (Lipinski definition) is 2. The summed E-state index contributed by atoms with van der Waals surface area (Å²) in [6.07, 6.45) is 2.37. The summed E-state index contributed by atoms with van der Waals surface area (Å²) >= 11 is 0. The molecule has 0 aromatic heterocycles. The molecule has 5 nitrogen and oxygen atoms in total. The Bertz CT molecular complexity index is 496. The van der Waals surface area contributed by atoms with E-state index in [9.17, 15) is 4.79 Å². The van der Waals surface area contributed by atoms with Crippen molar-refractivity contribution < 1.29 is 9.53 Å². The normalized spacial score (nSPS) is 18.2. The molecule has 1 fully saturated rings. The van der Waals surface area contributed by atoms with Crippen molar-refractivity contribution in [1.29, 1.82) is 0 Å². The van der Waals surface area contributed by atoms with Gasteiger partial charge in [-0.25, -0.2) is 0 Å². The highest BCUT2D eigenvalue weighted by Gasteiger charge is 2.23.